The van der Waals surface area contributed by atoms with Gasteiger partial charge < -0.3 is 10.6 Å². The summed E-state index contributed by atoms with van der Waals surface area (Å²) in [5, 5.41) is 0. The molecule has 0 aromatic rings. The molecule has 1 saturated heterocycles. The maximum Gasteiger partial charge on any atom is 0.239 e. The largest absolute Gasteiger partial charge is 0.339 e. The molecule has 1 aliphatic rings. The molecule has 94 valence electrons. The fraction of sp³-hybridized carbons (Fsp3) is 0.917. The fourth-order valence-corrected chi connectivity index (χ4v) is 2.08. The predicted octanol–water partition coefficient (Wildman–Crippen LogP) is 0.524. The molecule has 0 radical (unpaired) electrons. The topological polar surface area (TPSA) is 49.6 Å². The van der Waals surface area contributed by atoms with Gasteiger partial charge in [0.1, 0.15) is 0 Å². The van der Waals surface area contributed by atoms with E-state index >= 15 is 0 Å². The molecule has 0 aromatic heterocycles. The molecule has 0 spiro atoms. The Morgan fingerprint density at radius 3 is 2.25 bits per heavy atom. The van der Waals surface area contributed by atoms with E-state index in [0.29, 0.717) is 5.92 Å². The van der Waals surface area contributed by atoms with Gasteiger partial charge in [0.2, 0.25) is 5.91 Å². The third-order valence-corrected chi connectivity index (χ3v) is 3.06. The minimum absolute atomic E-state index is 0.117. The molecule has 4 heteroatoms. The number of nitrogens with two attached hydrogens (primary N) is 1. The van der Waals surface area contributed by atoms with Gasteiger partial charge in [-0.2, -0.15) is 0 Å². The van der Waals surface area contributed by atoms with E-state index in [-0.39, 0.29) is 11.9 Å². The average molecular weight is 227 g/mol. The number of amides is 1. The second kappa shape index (κ2) is 6.21. The third-order valence-electron chi connectivity index (χ3n) is 3.06. The molecule has 4 nitrogen and oxygen atoms in total. The summed E-state index contributed by atoms with van der Waals surface area (Å²) in [5.41, 5.74) is 5.76. The van der Waals surface area contributed by atoms with Crippen LogP contribution in [0.5, 0.6) is 0 Å². The first-order valence-electron chi connectivity index (χ1n) is 6.31. The van der Waals surface area contributed by atoms with Crippen molar-refractivity contribution >= 4 is 5.91 Å². The van der Waals surface area contributed by atoms with Crippen LogP contribution in [0, 0.1) is 5.92 Å². The summed E-state index contributed by atoms with van der Waals surface area (Å²) in [7, 11) is 0. The van der Waals surface area contributed by atoms with Crippen LogP contribution in [0.2, 0.25) is 0 Å². The van der Waals surface area contributed by atoms with Crippen LogP contribution in [0.15, 0.2) is 0 Å². The normalized spacial score (nSPS) is 20.2. The molecule has 0 aliphatic carbocycles. The zero-order valence-electron chi connectivity index (χ0n) is 10.8. The number of hydrogen-bond acceptors (Lipinski definition) is 3. The molecule has 1 atom stereocenters. The molecule has 0 saturated carbocycles. The summed E-state index contributed by atoms with van der Waals surface area (Å²) in [4.78, 5) is 16.2. The van der Waals surface area contributed by atoms with Gasteiger partial charge >= 0.3 is 0 Å². The quantitative estimate of drug-likeness (QED) is 0.762. The highest BCUT2D eigenvalue weighted by Gasteiger charge is 2.24. The highest BCUT2D eigenvalue weighted by Crippen LogP contribution is 2.07. The Balaban J connectivity index is 2.34. The summed E-state index contributed by atoms with van der Waals surface area (Å²) in [6, 6.07) is -0.309. The first-order chi connectivity index (χ1) is 7.54. The minimum atomic E-state index is -0.309. The summed E-state index contributed by atoms with van der Waals surface area (Å²) in [6.45, 7) is 11.2. The molecule has 16 heavy (non-hydrogen) atoms. The zero-order chi connectivity index (χ0) is 12.1. The van der Waals surface area contributed by atoms with E-state index in [1.165, 1.54) is 0 Å². The molecule has 1 amide bonds. The highest BCUT2D eigenvalue weighted by molar-refractivity contribution is 5.81. The third kappa shape index (κ3) is 3.76. The zero-order valence-corrected chi connectivity index (χ0v) is 10.8. The summed E-state index contributed by atoms with van der Waals surface area (Å²) >= 11 is 0. The summed E-state index contributed by atoms with van der Waals surface area (Å²) in [5.74, 6) is 0.812. The van der Waals surface area contributed by atoms with Gasteiger partial charge in [-0.05, 0) is 12.3 Å². The van der Waals surface area contributed by atoms with Crippen molar-refractivity contribution in [2.45, 2.75) is 33.2 Å². The van der Waals surface area contributed by atoms with Crippen LogP contribution in [0.25, 0.3) is 0 Å². The Bertz CT molecular complexity index is 222. The van der Waals surface area contributed by atoms with Gasteiger partial charge in [-0.1, -0.05) is 20.8 Å². The van der Waals surface area contributed by atoms with Crippen molar-refractivity contribution in [2.75, 3.05) is 32.7 Å². The van der Waals surface area contributed by atoms with E-state index in [0.717, 1.165) is 39.1 Å². The maximum atomic E-state index is 11.8. The molecule has 0 aromatic carbocycles. The molecule has 1 rings (SSSR count). The molecular formula is C12H25N3O. The Morgan fingerprint density at radius 2 is 1.81 bits per heavy atom. The van der Waals surface area contributed by atoms with Crippen LogP contribution < -0.4 is 5.73 Å². The summed E-state index contributed by atoms with van der Waals surface area (Å²) < 4.78 is 0. The lowest BCUT2D eigenvalue weighted by atomic mass is 10.1. The van der Waals surface area contributed by atoms with Gasteiger partial charge in [-0.3, -0.25) is 9.69 Å². The molecule has 1 aliphatic heterocycles. The van der Waals surface area contributed by atoms with Gasteiger partial charge in [0.05, 0.1) is 6.04 Å². The van der Waals surface area contributed by atoms with Gasteiger partial charge in [0.25, 0.3) is 0 Å². The SMILES string of the molecule is CCC(N)C(=O)N1CCN(CC(C)C)CC1. The van der Waals surface area contributed by atoms with Gasteiger partial charge in [-0.25, -0.2) is 0 Å². The van der Waals surface area contributed by atoms with E-state index < -0.39 is 0 Å². The number of rotatable bonds is 4. The van der Waals surface area contributed by atoms with Crippen molar-refractivity contribution in [3.63, 3.8) is 0 Å². The predicted molar refractivity (Wildman–Crippen MR) is 66.1 cm³/mol. The van der Waals surface area contributed by atoms with Crippen molar-refractivity contribution in [3.05, 3.63) is 0 Å². The van der Waals surface area contributed by atoms with Crippen LogP contribution in [-0.4, -0.2) is 54.5 Å². The van der Waals surface area contributed by atoms with E-state index in [1.807, 2.05) is 11.8 Å². The Hall–Kier alpha value is -0.610. The van der Waals surface area contributed by atoms with Crippen LogP contribution in [0.1, 0.15) is 27.2 Å². The number of carbonyl (C=O) groups excluding carboxylic acids is 1. The van der Waals surface area contributed by atoms with E-state index in [1.54, 1.807) is 0 Å². The molecule has 0 bridgehead atoms. The molecule has 1 unspecified atom stereocenters. The monoisotopic (exact) mass is 227 g/mol. The maximum absolute atomic E-state index is 11.8. The standard InChI is InChI=1S/C12H25N3O/c1-4-11(13)12(16)15-7-5-14(6-8-15)9-10(2)3/h10-11H,4-9,13H2,1-3H3. The molecule has 1 heterocycles. The van der Waals surface area contributed by atoms with E-state index in [4.69, 9.17) is 5.73 Å². The van der Waals surface area contributed by atoms with Gasteiger partial charge in [-0.15, -0.1) is 0 Å². The van der Waals surface area contributed by atoms with Crippen LogP contribution in [0.4, 0.5) is 0 Å². The number of nitrogens with zero attached hydrogens (tertiary/aromatic N) is 2. The van der Waals surface area contributed by atoms with Crippen LogP contribution >= 0.6 is 0 Å². The Morgan fingerprint density at radius 1 is 1.25 bits per heavy atom. The number of piperazine rings is 1. The van der Waals surface area contributed by atoms with E-state index in [2.05, 4.69) is 18.7 Å². The first kappa shape index (κ1) is 13.5. The second-order valence-electron chi connectivity index (χ2n) is 5.03. The highest BCUT2D eigenvalue weighted by atomic mass is 16.2. The van der Waals surface area contributed by atoms with Crippen LogP contribution in [0.3, 0.4) is 0 Å². The van der Waals surface area contributed by atoms with Crippen molar-refractivity contribution in [1.82, 2.24) is 9.80 Å². The average Bonchev–Trinajstić information content (AvgIpc) is 2.27. The minimum Gasteiger partial charge on any atom is -0.339 e. The second-order valence-corrected chi connectivity index (χ2v) is 5.03. The molecule has 1 fully saturated rings. The molecule has 2 N–H and O–H groups in total. The van der Waals surface area contributed by atoms with E-state index in [9.17, 15) is 4.79 Å². The summed E-state index contributed by atoms with van der Waals surface area (Å²) in [6.07, 6.45) is 0.727. The van der Waals surface area contributed by atoms with Crippen molar-refractivity contribution in [3.8, 4) is 0 Å². The lowest BCUT2D eigenvalue weighted by Gasteiger charge is -2.36. The smallest absolute Gasteiger partial charge is 0.239 e. The first-order valence-corrected chi connectivity index (χ1v) is 6.31. The van der Waals surface area contributed by atoms with Gasteiger partial charge in [0.15, 0.2) is 0 Å². The lowest BCUT2D eigenvalue weighted by molar-refractivity contribution is -0.134. The van der Waals surface area contributed by atoms with Gasteiger partial charge in [0, 0.05) is 32.7 Å². The van der Waals surface area contributed by atoms with Crippen molar-refractivity contribution < 1.29 is 4.79 Å². The number of hydrogen-bond donors (Lipinski definition) is 1. The molecular weight excluding hydrogens is 202 g/mol. The van der Waals surface area contributed by atoms with Crippen molar-refractivity contribution in [1.29, 1.82) is 0 Å². The number of carbonyl (C=O) groups is 1. The van der Waals surface area contributed by atoms with Crippen molar-refractivity contribution in [2.24, 2.45) is 11.7 Å². The Kier molecular flexibility index (Phi) is 5.22. The van der Waals surface area contributed by atoms with Crippen LogP contribution in [-0.2, 0) is 4.79 Å². The lowest BCUT2D eigenvalue weighted by Crippen LogP contribution is -2.53. The Labute approximate surface area is 98.8 Å². The fourth-order valence-electron chi connectivity index (χ4n) is 2.08.